The van der Waals surface area contributed by atoms with Gasteiger partial charge in [0.15, 0.2) is 0 Å². The van der Waals surface area contributed by atoms with Crippen LogP contribution >= 0.6 is 0 Å². The number of benzene rings is 1. The summed E-state index contributed by atoms with van der Waals surface area (Å²) in [7, 11) is 0. The number of carbonyl (C=O) groups is 1. The van der Waals surface area contributed by atoms with E-state index in [1.165, 1.54) is 4.90 Å². The first-order valence-corrected chi connectivity index (χ1v) is 5.43. The first kappa shape index (κ1) is 11.3. The molecule has 5 heteroatoms. The van der Waals surface area contributed by atoms with Crippen molar-refractivity contribution in [3.8, 4) is 6.07 Å². The zero-order valence-corrected chi connectivity index (χ0v) is 9.26. The van der Waals surface area contributed by atoms with Crippen molar-refractivity contribution >= 4 is 11.8 Å². The highest BCUT2D eigenvalue weighted by Crippen LogP contribution is 2.16. The Morgan fingerprint density at radius 2 is 2.18 bits per heavy atom. The Kier molecular flexibility index (Phi) is 3.15. The zero-order chi connectivity index (χ0) is 12.3. The predicted octanol–water partition coefficient (Wildman–Crippen LogP) is 1.72. The number of likely N-dealkylation sites (tertiary alicyclic amines) is 1. The molecular formula is C12H13N3O2. The van der Waals surface area contributed by atoms with E-state index in [9.17, 15) is 4.79 Å². The van der Waals surface area contributed by atoms with E-state index in [1.807, 2.05) is 12.1 Å². The van der Waals surface area contributed by atoms with E-state index in [0.717, 1.165) is 12.1 Å². The number of nitrogens with zero attached hydrogens (tertiary/aromatic N) is 2. The number of hydrogen-bond acceptors (Lipinski definition) is 3. The summed E-state index contributed by atoms with van der Waals surface area (Å²) in [5.41, 5.74) is 1.54. The van der Waals surface area contributed by atoms with Gasteiger partial charge in [-0.2, -0.15) is 5.26 Å². The fraction of sp³-hybridized carbons (Fsp3) is 0.333. The van der Waals surface area contributed by atoms with Gasteiger partial charge in [-0.15, -0.1) is 0 Å². The van der Waals surface area contributed by atoms with E-state index < -0.39 is 6.09 Å². The molecule has 88 valence electrons. The second kappa shape index (κ2) is 4.74. The van der Waals surface area contributed by atoms with Crippen molar-refractivity contribution in [2.45, 2.75) is 12.5 Å². The molecule has 1 saturated heterocycles. The summed E-state index contributed by atoms with van der Waals surface area (Å²) in [4.78, 5) is 12.1. The number of nitrogens with one attached hydrogen (secondary N) is 1. The third-order valence-corrected chi connectivity index (χ3v) is 2.84. The minimum atomic E-state index is -0.867. The molecule has 5 nitrogen and oxygen atoms in total. The van der Waals surface area contributed by atoms with Crippen LogP contribution in [0.1, 0.15) is 12.0 Å². The second-order valence-electron chi connectivity index (χ2n) is 4.05. The van der Waals surface area contributed by atoms with Crippen molar-refractivity contribution in [2.24, 2.45) is 0 Å². The normalized spacial score (nSPS) is 18.8. The highest BCUT2D eigenvalue weighted by Gasteiger charge is 2.25. The number of anilines is 1. The average Bonchev–Trinajstić information content (AvgIpc) is 2.79. The molecule has 0 spiro atoms. The van der Waals surface area contributed by atoms with E-state index >= 15 is 0 Å². The van der Waals surface area contributed by atoms with E-state index in [0.29, 0.717) is 18.7 Å². The van der Waals surface area contributed by atoms with Crippen molar-refractivity contribution in [1.82, 2.24) is 4.90 Å². The van der Waals surface area contributed by atoms with Gasteiger partial charge in [-0.1, -0.05) is 0 Å². The van der Waals surface area contributed by atoms with Crippen molar-refractivity contribution < 1.29 is 9.90 Å². The maximum Gasteiger partial charge on any atom is 0.407 e. The van der Waals surface area contributed by atoms with E-state index in [4.69, 9.17) is 10.4 Å². The molecule has 0 aliphatic carbocycles. The number of rotatable bonds is 2. The largest absolute Gasteiger partial charge is 0.465 e. The maximum absolute atomic E-state index is 10.7. The highest BCUT2D eigenvalue weighted by molar-refractivity contribution is 5.65. The Morgan fingerprint density at radius 3 is 2.71 bits per heavy atom. The monoisotopic (exact) mass is 231 g/mol. The van der Waals surface area contributed by atoms with Gasteiger partial charge in [-0.25, -0.2) is 4.79 Å². The van der Waals surface area contributed by atoms with Gasteiger partial charge >= 0.3 is 6.09 Å². The van der Waals surface area contributed by atoms with E-state index in [-0.39, 0.29) is 6.04 Å². The van der Waals surface area contributed by atoms with Crippen LogP contribution in [0.4, 0.5) is 10.5 Å². The average molecular weight is 231 g/mol. The Labute approximate surface area is 99.3 Å². The van der Waals surface area contributed by atoms with Gasteiger partial charge < -0.3 is 15.3 Å². The Balaban J connectivity index is 1.94. The van der Waals surface area contributed by atoms with Gasteiger partial charge in [0, 0.05) is 24.8 Å². The minimum absolute atomic E-state index is 0.152. The molecule has 2 rings (SSSR count). The summed E-state index contributed by atoms with van der Waals surface area (Å²) in [6.07, 6.45) is -0.0547. The third kappa shape index (κ3) is 2.67. The van der Waals surface area contributed by atoms with Gasteiger partial charge in [0.2, 0.25) is 0 Å². The predicted molar refractivity (Wildman–Crippen MR) is 62.8 cm³/mol. The van der Waals surface area contributed by atoms with Crippen LogP contribution in [0.25, 0.3) is 0 Å². The topological polar surface area (TPSA) is 76.4 Å². The standard InChI is InChI=1S/C12H13N3O2/c13-7-9-1-3-10(4-2-9)14-11-5-6-15(8-11)12(16)17/h1-4,11,14H,5-6,8H2,(H,16,17)/t11-/m0/s1. The molecule has 0 bridgehead atoms. The molecule has 17 heavy (non-hydrogen) atoms. The molecule has 0 radical (unpaired) electrons. The molecule has 1 aromatic rings. The molecule has 1 amide bonds. The molecule has 0 aromatic heterocycles. The number of hydrogen-bond donors (Lipinski definition) is 2. The Bertz CT molecular complexity index is 450. The zero-order valence-electron chi connectivity index (χ0n) is 9.26. The first-order chi connectivity index (χ1) is 8.19. The number of nitriles is 1. The lowest BCUT2D eigenvalue weighted by atomic mass is 10.2. The summed E-state index contributed by atoms with van der Waals surface area (Å²) in [5.74, 6) is 0. The van der Waals surface area contributed by atoms with Crippen molar-refractivity contribution in [3.05, 3.63) is 29.8 Å². The van der Waals surface area contributed by atoms with Crippen molar-refractivity contribution in [3.63, 3.8) is 0 Å². The highest BCUT2D eigenvalue weighted by atomic mass is 16.4. The maximum atomic E-state index is 10.7. The van der Waals surface area contributed by atoms with Gasteiger partial charge in [-0.3, -0.25) is 0 Å². The molecular weight excluding hydrogens is 218 g/mol. The van der Waals surface area contributed by atoms with Crippen LogP contribution in [0, 0.1) is 11.3 Å². The lowest BCUT2D eigenvalue weighted by molar-refractivity contribution is 0.155. The molecule has 1 aromatic carbocycles. The van der Waals surface area contributed by atoms with Crippen LogP contribution in [0.3, 0.4) is 0 Å². The molecule has 0 saturated carbocycles. The second-order valence-corrected chi connectivity index (χ2v) is 4.05. The van der Waals surface area contributed by atoms with Crippen LogP contribution in [0.5, 0.6) is 0 Å². The first-order valence-electron chi connectivity index (χ1n) is 5.43. The summed E-state index contributed by atoms with van der Waals surface area (Å²) in [6, 6.07) is 9.36. The van der Waals surface area contributed by atoms with Crippen LogP contribution in [-0.2, 0) is 0 Å². The summed E-state index contributed by atoms with van der Waals surface area (Å²) in [5, 5.41) is 20.8. The Hall–Kier alpha value is -2.22. The van der Waals surface area contributed by atoms with Gasteiger partial charge in [0.05, 0.1) is 11.6 Å². The number of carboxylic acid groups (broad SMARTS) is 1. The SMILES string of the molecule is N#Cc1ccc(N[C@H]2CCN(C(=O)O)C2)cc1. The molecule has 1 aliphatic heterocycles. The van der Waals surface area contributed by atoms with E-state index in [1.54, 1.807) is 12.1 Å². The van der Waals surface area contributed by atoms with Crippen LogP contribution < -0.4 is 5.32 Å². The molecule has 2 N–H and O–H groups in total. The number of amides is 1. The smallest absolute Gasteiger partial charge is 0.407 e. The van der Waals surface area contributed by atoms with Crippen molar-refractivity contribution in [1.29, 1.82) is 5.26 Å². The lowest BCUT2D eigenvalue weighted by Crippen LogP contribution is -2.30. The van der Waals surface area contributed by atoms with Crippen LogP contribution in [-0.4, -0.2) is 35.2 Å². The minimum Gasteiger partial charge on any atom is -0.465 e. The summed E-state index contributed by atoms with van der Waals surface area (Å²) < 4.78 is 0. The molecule has 1 fully saturated rings. The summed E-state index contributed by atoms with van der Waals surface area (Å²) in [6.45, 7) is 1.08. The van der Waals surface area contributed by atoms with Gasteiger partial charge in [0.25, 0.3) is 0 Å². The third-order valence-electron chi connectivity index (χ3n) is 2.84. The quantitative estimate of drug-likeness (QED) is 0.812. The van der Waals surface area contributed by atoms with E-state index in [2.05, 4.69) is 11.4 Å². The molecule has 1 heterocycles. The van der Waals surface area contributed by atoms with Crippen molar-refractivity contribution in [2.75, 3.05) is 18.4 Å². The molecule has 0 unspecified atom stereocenters. The van der Waals surface area contributed by atoms with Gasteiger partial charge in [-0.05, 0) is 30.7 Å². The van der Waals surface area contributed by atoms with Gasteiger partial charge in [0.1, 0.15) is 0 Å². The molecule has 1 atom stereocenters. The lowest BCUT2D eigenvalue weighted by Gasteiger charge is -2.14. The Morgan fingerprint density at radius 1 is 1.47 bits per heavy atom. The fourth-order valence-corrected chi connectivity index (χ4v) is 1.93. The molecule has 1 aliphatic rings. The summed E-state index contributed by atoms with van der Waals surface area (Å²) >= 11 is 0. The van der Waals surface area contributed by atoms with Crippen LogP contribution in [0.2, 0.25) is 0 Å². The van der Waals surface area contributed by atoms with Crippen LogP contribution in [0.15, 0.2) is 24.3 Å². The fourth-order valence-electron chi connectivity index (χ4n) is 1.93.